The highest BCUT2D eigenvalue weighted by molar-refractivity contribution is 6.33. The lowest BCUT2D eigenvalue weighted by atomic mass is 9.91. The summed E-state index contributed by atoms with van der Waals surface area (Å²) in [7, 11) is 0. The lowest BCUT2D eigenvalue weighted by Crippen LogP contribution is -2.60. The molecule has 3 aromatic heterocycles. The van der Waals surface area contributed by atoms with E-state index in [9.17, 15) is 9.59 Å². The Bertz CT molecular complexity index is 1870. The van der Waals surface area contributed by atoms with Gasteiger partial charge in [-0.25, -0.2) is 9.37 Å². The van der Waals surface area contributed by atoms with Crippen molar-refractivity contribution in [2.24, 2.45) is 0 Å². The van der Waals surface area contributed by atoms with E-state index in [2.05, 4.69) is 16.5 Å². The topological polar surface area (TPSA) is 97.4 Å². The zero-order valence-electron chi connectivity index (χ0n) is 24.7. The number of aryl methyl sites for hydroxylation is 1. The first-order valence-corrected chi connectivity index (χ1v) is 14.9. The van der Waals surface area contributed by atoms with Gasteiger partial charge in [0.05, 0.1) is 22.1 Å². The van der Waals surface area contributed by atoms with E-state index in [0.717, 1.165) is 11.3 Å². The molecule has 43 heavy (non-hydrogen) atoms. The number of fused-ring (bicyclic) bond motifs is 5. The van der Waals surface area contributed by atoms with Crippen molar-refractivity contribution in [2.45, 2.75) is 58.5 Å². The predicted molar refractivity (Wildman–Crippen MR) is 170 cm³/mol. The summed E-state index contributed by atoms with van der Waals surface area (Å²) in [6.45, 7) is 12.6. The molecular weight excluding hydrogens is 567 g/mol. The average molecular weight is 601 g/mol. The molecule has 0 spiro atoms. The lowest BCUT2D eigenvalue weighted by molar-refractivity contribution is -0.129. The average Bonchev–Trinajstić information content (AvgIpc) is 2.98. The van der Waals surface area contributed by atoms with Gasteiger partial charge in [-0.05, 0) is 74.6 Å². The minimum atomic E-state index is -0.574. The largest absolute Gasteiger partial charge is 0.399 e. The SMILES string of the molecule is C=CC(=O)N1CC2CCc3c(c4cc(F)c(-c5cc(N)ccc5Cl)nc4n(-c4c(C)ccnc4C(C)C)c3=O)N2CC1C. The number of rotatable bonds is 4. The van der Waals surface area contributed by atoms with Crippen molar-refractivity contribution in [2.75, 3.05) is 23.7 Å². The van der Waals surface area contributed by atoms with E-state index in [4.69, 9.17) is 22.3 Å². The molecule has 1 fully saturated rings. The van der Waals surface area contributed by atoms with Crippen molar-refractivity contribution >= 4 is 39.9 Å². The maximum absolute atomic E-state index is 16.2. The molecule has 2 aliphatic rings. The number of carbonyl (C=O) groups excluding carboxylic acids is 1. The molecule has 4 aromatic rings. The van der Waals surface area contributed by atoms with E-state index in [1.165, 1.54) is 12.1 Å². The maximum atomic E-state index is 16.2. The number of hydrogen-bond donors (Lipinski definition) is 1. The smallest absolute Gasteiger partial charge is 0.262 e. The first-order chi connectivity index (χ1) is 20.5. The van der Waals surface area contributed by atoms with E-state index >= 15 is 4.39 Å². The number of amides is 1. The number of piperazine rings is 1. The van der Waals surface area contributed by atoms with Crippen LogP contribution in [0.3, 0.4) is 0 Å². The summed E-state index contributed by atoms with van der Waals surface area (Å²) in [5, 5.41) is 0.818. The van der Waals surface area contributed by atoms with Crippen molar-refractivity contribution in [1.29, 1.82) is 0 Å². The van der Waals surface area contributed by atoms with E-state index in [1.807, 2.05) is 38.7 Å². The molecule has 1 saturated heterocycles. The molecule has 2 N–H and O–H groups in total. The Kier molecular flexibility index (Phi) is 7.24. The summed E-state index contributed by atoms with van der Waals surface area (Å²) in [5.41, 5.74) is 10.5. The van der Waals surface area contributed by atoms with Gasteiger partial charge in [-0.1, -0.05) is 32.0 Å². The van der Waals surface area contributed by atoms with Crippen molar-refractivity contribution in [1.82, 2.24) is 19.4 Å². The number of hydrogen-bond acceptors (Lipinski definition) is 6. The van der Waals surface area contributed by atoms with Gasteiger partial charge in [0.1, 0.15) is 17.2 Å². The zero-order chi connectivity index (χ0) is 30.7. The molecule has 222 valence electrons. The molecule has 5 heterocycles. The summed E-state index contributed by atoms with van der Waals surface area (Å²) < 4.78 is 17.8. The molecular formula is C33H34ClFN6O2. The van der Waals surface area contributed by atoms with Crippen molar-refractivity contribution in [3.63, 3.8) is 0 Å². The first kappa shape index (κ1) is 28.9. The van der Waals surface area contributed by atoms with Gasteiger partial charge in [0.2, 0.25) is 5.91 Å². The highest BCUT2D eigenvalue weighted by atomic mass is 35.5. The Morgan fingerprint density at radius 2 is 1.98 bits per heavy atom. The predicted octanol–water partition coefficient (Wildman–Crippen LogP) is 5.79. The molecule has 6 rings (SSSR count). The van der Waals surface area contributed by atoms with Gasteiger partial charge in [-0.2, -0.15) is 0 Å². The minimum absolute atomic E-state index is 0.00710. The first-order valence-electron chi connectivity index (χ1n) is 14.5. The number of nitrogen functional groups attached to an aromatic ring is 1. The Hall–Kier alpha value is -4.24. The van der Waals surface area contributed by atoms with Gasteiger partial charge < -0.3 is 15.5 Å². The molecule has 8 nitrogen and oxygen atoms in total. The Balaban J connectivity index is 1.69. The van der Waals surface area contributed by atoms with Gasteiger partial charge >= 0.3 is 0 Å². The Morgan fingerprint density at radius 3 is 2.70 bits per heavy atom. The molecule has 0 bridgehead atoms. The number of nitrogens with two attached hydrogens (primary N) is 1. The molecule has 1 amide bonds. The number of carbonyl (C=O) groups is 1. The van der Waals surface area contributed by atoms with Crippen LogP contribution in [0.15, 0.2) is 54.0 Å². The fraction of sp³-hybridized carbons (Fsp3) is 0.333. The van der Waals surface area contributed by atoms with Crippen LogP contribution in [-0.4, -0.2) is 50.5 Å². The van der Waals surface area contributed by atoms with Gasteiger partial charge in [-0.3, -0.25) is 19.1 Å². The summed E-state index contributed by atoms with van der Waals surface area (Å²) in [6.07, 6.45) is 4.23. The quantitative estimate of drug-likeness (QED) is 0.235. The number of benzene rings is 1. The number of nitrogens with zero attached hydrogens (tertiary/aromatic N) is 5. The number of pyridine rings is 3. The van der Waals surface area contributed by atoms with E-state index in [1.54, 1.807) is 29.0 Å². The number of halogens is 2. The second-order valence-electron chi connectivity index (χ2n) is 11.8. The van der Waals surface area contributed by atoms with Crippen LogP contribution in [0.2, 0.25) is 5.02 Å². The van der Waals surface area contributed by atoms with Gasteiger partial charge in [0.15, 0.2) is 0 Å². The van der Waals surface area contributed by atoms with Crippen LogP contribution in [0.1, 0.15) is 49.9 Å². The molecule has 2 aliphatic heterocycles. The fourth-order valence-electron chi connectivity index (χ4n) is 6.57. The Labute approximate surface area is 254 Å². The van der Waals surface area contributed by atoms with Crippen molar-refractivity contribution in [3.8, 4) is 16.9 Å². The number of anilines is 2. The Morgan fingerprint density at radius 1 is 1.21 bits per heavy atom. The lowest BCUT2D eigenvalue weighted by Gasteiger charge is -2.49. The standard InChI is InChI=1S/C33H34ClFN6O2/c1-6-27(42)39-16-21-8-9-22-31(40(21)15-19(39)5)24-14-26(35)29(23-13-20(36)7-10-25(23)34)38-32(24)41(33(22)43)30-18(4)11-12-37-28(30)17(2)3/h6-7,10-14,17,19,21H,1,8-9,15-16,36H2,2-5H3. The minimum Gasteiger partial charge on any atom is -0.399 e. The highest BCUT2D eigenvalue weighted by Gasteiger charge is 2.39. The summed E-state index contributed by atoms with van der Waals surface area (Å²) >= 11 is 6.52. The van der Waals surface area contributed by atoms with Crippen LogP contribution in [0.4, 0.5) is 15.8 Å². The van der Waals surface area contributed by atoms with Crippen LogP contribution < -0.4 is 16.2 Å². The fourth-order valence-corrected chi connectivity index (χ4v) is 6.78. The normalized spacial score (nSPS) is 18.1. The molecule has 2 atom stereocenters. The summed E-state index contributed by atoms with van der Waals surface area (Å²) in [6, 6.07) is 7.99. The van der Waals surface area contributed by atoms with Gasteiger partial charge in [0, 0.05) is 53.6 Å². The summed E-state index contributed by atoms with van der Waals surface area (Å²) in [5.74, 6) is -0.685. The molecule has 0 aliphatic carbocycles. The monoisotopic (exact) mass is 600 g/mol. The third-order valence-electron chi connectivity index (χ3n) is 8.65. The van der Waals surface area contributed by atoms with E-state index in [0.29, 0.717) is 70.2 Å². The van der Waals surface area contributed by atoms with Crippen LogP contribution in [0.5, 0.6) is 0 Å². The van der Waals surface area contributed by atoms with E-state index in [-0.39, 0.29) is 35.2 Å². The molecule has 0 radical (unpaired) electrons. The molecule has 0 saturated carbocycles. The highest BCUT2D eigenvalue weighted by Crippen LogP contribution is 2.41. The van der Waals surface area contributed by atoms with Crippen molar-refractivity contribution in [3.05, 3.63) is 87.2 Å². The second kappa shape index (κ2) is 10.8. The second-order valence-corrected chi connectivity index (χ2v) is 12.2. The third kappa shape index (κ3) is 4.66. The third-order valence-corrected chi connectivity index (χ3v) is 8.98. The molecule has 10 heteroatoms. The van der Waals surface area contributed by atoms with Gasteiger partial charge in [-0.15, -0.1) is 0 Å². The molecule has 1 aromatic carbocycles. The van der Waals surface area contributed by atoms with Gasteiger partial charge in [0.25, 0.3) is 5.56 Å². The zero-order valence-corrected chi connectivity index (χ0v) is 25.5. The van der Waals surface area contributed by atoms with Crippen LogP contribution in [0, 0.1) is 12.7 Å². The van der Waals surface area contributed by atoms with Crippen LogP contribution >= 0.6 is 11.6 Å². The number of aromatic nitrogens is 3. The maximum Gasteiger partial charge on any atom is 0.262 e. The molecule has 2 unspecified atom stereocenters. The van der Waals surface area contributed by atoms with Crippen LogP contribution in [-0.2, 0) is 11.2 Å². The van der Waals surface area contributed by atoms with Crippen molar-refractivity contribution < 1.29 is 9.18 Å². The summed E-state index contributed by atoms with van der Waals surface area (Å²) in [4.78, 5) is 40.7. The van der Waals surface area contributed by atoms with Crippen LogP contribution in [0.25, 0.3) is 28.0 Å². The van der Waals surface area contributed by atoms with E-state index < -0.39 is 5.82 Å².